The molecule has 0 spiro atoms. The monoisotopic (exact) mass is 424 g/mol. The Hall–Kier alpha value is -1.01. The molecule has 0 saturated carbocycles. The van der Waals surface area contributed by atoms with Crippen LogP contribution in [-0.2, 0) is 25.6 Å². The molecule has 0 fully saturated rings. The second-order valence-corrected chi connectivity index (χ2v) is 8.27. The number of hydrogen-bond acceptors (Lipinski definition) is 4. The molecule has 0 aromatic heterocycles. The molecule has 0 aliphatic heterocycles. The molecular weight excluding hydrogens is 396 g/mol. The molecule has 0 amide bonds. The van der Waals surface area contributed by atoms with E-state index >= 15 is 0 Å². The van der Waals surface area contributed by atoms with Gasteiger partial charge in [0.05, 0.1) is 18.1 Å². The third-order valence-corrected chi connectivity index (χ3v) is 6.74. The first-order valence-electron chi connectivity index (χ1n) is 8.94. The number of rotatable bonds is 8. The van der Waals surface area contributed by atoms with Crippen LogP contribution in [0.15, 0.2) is 40.4 Å². The van der Waals surface area contributed by atoms with E-state index in [0.29, 0.717) is 6.61 Å². The third kappa shape index (κ3) is 4.63. The van der Waals surface area contributed by atoms with Crippen molar-refractivity contribution in [1.29, 1.82) is 0 Å². The Morgan fingerprint density at radius 2 is 2.00 bits per heavy atom. The lowest BCUT2D eigenvalue weighted by molar-refractivity contribution is -0.243. The Morgan fingerprint density at radius 3 is 2.58 bits per heavy atom. The highest BCUT2D eigenvalue weighted by Crippen LogP contribution is 2.49. The number of aldehydes is 1. The summed E-state index contributed by atoms with van der Waals surface area (Å²) in [7, 11) is 1.57. The first-order chi connectivity index (χ1) is 12.2. The molecule has 1 aromatic carbocycles. The van der Waals surface area contributed by atoms with E-state index < -0.39 is 17.3 Å². The number of benzene rings is 1. The summed E-state index contributed by atoms with van der Waals surface area (Å²) in [6, 6.07) is 10.1. The zero-order chi connectivity index (χ0) is 19.4. The fourth-order valence-electron chi connectivity index (χ4n) is 3.34. The van der Waals surface area contributed by atoms with Crippen LogP contribution < -0.4 is 0 Å². The normalized spacial score (nSPS) is 25.2. The van der Waals surface area contributed by atoms with Gasteiger partial charge in [-0.15, -0.1) is 0 Å². The molecule has 4 nitrogen and oxygen atoms in total. The lowest BCUT2D eigenvalue weighted by Gasteiger charge is -2.46. The van der Waals surface area contributed by atoms with Crippen molar-refractivity contribution in [1.82, 2.24) is 0 Å². The number of methoxy groups -OCH3 is 1. The maximum Gasteiger partial charge on any atom is 0.163 e. The summed E-state index contributed by atoms with van der Waals surface area (Å²) in [5.74, 6) is -0.864. The van der Waals surface area contributed by atoms with Crippen LogP contribution >= 0.6 is 15.9 Å². The average Bonchev–Trinajstić information content (AvgIpc) is 2.64. The highest BCUT2D eigenvalue weighted by molar-refractivity contribution is 9.11. The predicted octanol–water partition coefficient (Wildman–Crippen LogP) is 5.01. The number of ether oxygens (including phenoxy) is 3. The fraction of sp³-hybridized carbons (Fsp3) is 0.571. The van der Waals surface area contributed by atoms with E-state index in [0.717, 1.165) is 29.2 Å². The Morgan fingerprint density at radius 1 is 1.35 bits per heavy atom. The Bertz CT molecular complexity index is 641. The van der Waals surface area contributed by atoms with Crippen molar-refractivity contribution in [2.45, 2.75) is 65.1 Å². The average molecular weight is 425 g/mol. The van der Waals surface area contributed by atoms with E-state index in [9.17, 15) is 4.79 Å². The van der Waals surface area contributed by atoms with Gasteiger partial charge in [0.2, 0.25) is 0 Å². The van der Waals surface area contributed by atoms with Crippen molar-refractivity contribution in [3.05, 3.63) is 46.0 Å². The van der Waals surface area contributed by atoms with Crippen LogP contribution in [0.3, 0.4) is 0 Å². The summed E-state index contributed by atoms with van der Waals surface area (Å²) in [5, 5.41) is 0. The quantitative estimate of drug-likeness (QED) is 0.434. The van der Waals surface area contributed by atoms with Crippen molar-refractivity contribution < 1.29 is 19.0 Å². The summed E-state index contributed by atoms with van der Waals surface area (Å²) in [5.41, 5.74) is 1.71. The van der Waals surface area contributed by atoms with Crippen LogP contribution in [0.5, 0.6) is 0 Å². The molecule has 2 rings (SSSR count). The molecule has 1 aliphatic rings. The predicted molar refractivity (Wildman–Crippen MR) is 106 cm³/mol. The number of carbonyl (C=O) groups is 1. The van der Waals surface area contributed by atoms with Gasteiger partial charge >= 0.3 is 0 Å². The summed E-state index contributed by atoms with van der Waals surface area (Å²) in [4.78, 5) is 12.0. The van der Waals surface area contributed by atoms with Gasteiger partial charge in [0.15, 0.2) is 5.79 Å². The van der Waals surface area contributed by atoms with E-state index in [-0.39, 0.29) is 6.10 Å². The number of allylic oxidation sites excluding steroid dienone is 1. The van der Waals surface area contributed by atoms with Gasteiger partial charge in [-0.1, -0.05) is 51.8 Å². The Labute approximate surface area is 165 Å². The van der Waals surface area contributed by atoms with E-state index in [1.807, 2.05) is 37.3 Å². The molecule has 1 aromatic rings. The highest BCUT2D eigenvalue weighted by atomic mass is 79.9. The Kier molecular flexibility index (Phi) is 7.19. The first kappa shape index (κ1) is 21.3. The summed E-state index contributed by atoms with van der Waals surface area (Å²) in [6.07, 6.45) is 1.78. The zero-order valence-electron chi connectivity index (χ0n) is 16.3. The molecule has 1 aliphatic carbocycles. The Balaban J connectivity index is 2.29. The lowest BCUT2D eigenvalue weighted by atomic mass is 9.71. The molecule has 0 N–H and O–H groups in total. The van der Waals surface area contributed by atoms with Gasteiger partial charge in [0.25, 0.3) is 0 Å². The summed E-state index contributed by atoms with van der Waals surface area (Å²) < 4.78 is 18.7. The van der Waals surface area contributed by atoms with Crippen LogP contribution in [0.25, 0.3) is 0 Å². The van der Waals surface area contributed by atoms with Crippen molar-refractivity contribution in [2.75, 3.05) is 7.11 Å². The maximum atomic E-state index is 12.0. The fourth-order valence-corrected chi connectivity index (χ4v) is 4.02. The second kappa shape index (κ2) is 8.79. The van der Waals surface area contributed by atoms with Crippen molar-refractivity contribution in [3.8, 4) is 0 Å². The lowest BCUT2D eigenvalue weighted by Crippen LogP contribution is -2.51. The third-order valence-electron chi connectivity index (χ3n) is 5.21. The largest absolute Gasteiger partial charge is 0.372 e. The molecule has 144 valence electrons. The smallest absolute Gasteiger partial charge is 0.163 e. The van der Waals surface area contributed by atoms with Gasteiger partial charge < -0.3 is 19.0 Å². The van der Waals surface area contributed by atoms with Crippen molar-refractivity contribution >= 4 is 22.2 Å². The van der Waals surface area contributed by atoms with Crippen molar-refractivity contribution in [3.63, 3.8) is 0 Å². The maximum absolute atomic E-state index is 12.0. The highest BCUT2D eigenvalue weighted by Gasteiger charge is 2.49. The number of hydrogen-bond donors (Lipinski definition) is 0. The van der Waals surface area contributed by atoms with Crippen LogP contribution in [0.2, 0.25) is 0 Å². The molecule has 3 atom stereocenters. The molecule has 26 heavy (non-hydrogen) atoms. The molecule has 0 heterocycles. The van der Waals surface area contributed by atoms with Crippen LogP contribution in [0.4, 0.5) is 0 Å². The summed E-state index contributed by atoms with van der Waals surface area (Å²) >= 11 is 3.73. The van der Waals surface area contributed by atoms with Gasteiger partial charge in [-0.3, -0.25) is 0 Å². The molecular formula is C21H29BrO4. The van der Waals surface area contributed by atoms with Gasteiger partial charge in [-0.25, -0.2) is 0 Å². The van der Waals surface area contributed by atoms with Crippen LogP contribution in [-0.4, -0.2) is 31.4 Å². The van der Waals surface area contributed by atoms with Gasteiger partial charge in [-0.05, 0) is 46.1 Å². The van der Waals surface area contributed by atoms with E-state index in [2.05, 4.69) is 22.9 Å². The summed E-state index contributed by atoms with van der Waals surface area (Å²) in [6.45, 7) is 8.22. The van der Waals surface area contributed by atoms with Crippen molar-refractivity contribution in [2.24, 2.45) is 5.41 Å². The standard InChI is InChI=1S/C21H29BrO4/c1-15-11-12-17(25-14-16-9-7-6-8-10-16)21(4,19(15)22)18(13-23)26-20(2,3)24-5/h6-10,13,17-18H,11-12,14H2,1-5H3/t17-,18+,21-/m0/s1. The SMILES string of the molecule is COC(C)(C)O[C@H](C=O)[C@@]1(C)C(Br)=C(C)CC[C@@H]1OCc1ccccc1. The first-order valence-corrected chi connectivity index (χ1v) is 9.73. The minimum Gasteiger partial charge on any atom is -0.372 e. The molecule has 0 bridgehead atoms. The van der Waals surface area contributed by atoms with Gasteiger partial charge in [0, 0.05) is 11.6 Å². The van der Waals surface area contributed by atoms with Gasteiger partial charge in [0.1, 0.15) is 12.4 Å². The molecule has 0 radical (unpaired) electrons. The molecule has 5 heteroatoms. The number of carbonyl (C=O) groups excluding carboxylic acids is 1. The minimum absolute atomic E-state index is 0.149. The van der Waals surface area contributed by atoms with Gasteiger partial charge in [-0.2, -0.15) is 0 Å². The van der Waals surface area contributed by atoms with E-state index in [1.54, 1.807) is 21.0 Å². The molecule has 0 saturated heterocycles. The second-order valence-electron chi connectivity index (χ2n) is 7.48. The topological polar surface area (TPSA) is 44.8 Å². The van der Waals surface area contributed by atoms with Crippen LogP contribution in [0.1, 0.15) is 46.1 Å². The van der Waals surface area contributed by atoms with E-state index in [4.69, 9.17) is 14.2 Å². The van der Waals surface area contributed by atoms with Crippen LogP contribution in [0, 0.1) is 5.41 Å². The minimum atomic E-state index is -0.864. The molecule has 0 unspecified atom stereocenters. The zero-order valence-corrected chi connectivity index (χ0v) is 17.8. The number of halogens is 1. The van der Waals surface area contributed by atoms with E-state index in [1.165, 1.54) is 5.57 Å².